The van der Waals surface area contributed by atoms with Gasteiger partial charge in [-0.2, -0.15) is 0 Å². The Bertz CT molecular complexity index is 600. The summed E-state index contributed by atoms with van der Waals surface area (Å²) in [7, 11) is 0. The maximum Gasteiger partial charge on any atom is 0.123 e. The third-order valence-corrected chi connectivity index (χ3v) is 4.13. The Kier molecular flexibility index (Phi) is 4.27. The molecule has 3 nitrogen and oxygen atoms in total. The predicted octanol–water partition coefficient (Wildman–Crippen LogP) is 2.68. The molecule has 1 atom stereocenters. The molecule has 1 unspecified atom stereocenters. The highest BCUT2D eigenvalue weighted by Crippen LogP contribution is 2.24. The first-order valence-electron chi connectivity index (χ1n) is 7.34. The molecule has 3 rings (SSSR count). The molecule has 21 heavy (non-hydrogen) atoms. The monoisotopic (exact) mass is 285 g/mol. The van der Waals surface area contributed by atoms with Crippen molar-refractivity contribution in [2.45, 2.75) is 19.5 Å². The Labute approximate surface area is 124 Å². The molecule has 0 spiro atoms. The van der Waals surface area contributed by atoms with E-state index in [1.807, 2.05) is 25.4 Å². The first-order chi connectivity index (χ1) is 10.2. The number of nitrogens with one attached hydrogen (secondary N) is 1. The van der Waals surface area contributed by atoms with Crippen LogP contribution in [0.25, 0.3) is 0 Å². The molecule has 1 saturated heterocycles. The zero-order valence-electron chi connectivity index (χ0n) is 12.2. The molecule has 1 aromatic carbocycles. The topological polar surface area (TPSA) is 28.2 Å². The molecule has 1 aromatic heterocycles. The smallest absolute Gasteiger partial charge is 0.123 e. The second-order valence-electron chi connectivity index (χ2n) is 5.54. The minimum atomic E-state index is -0.161. The minimum Gasteiger partial charge on any atom is -0.314 e. The van der Waals surface area contributed by atoms with Gasteiger partial charge in [0.15, 0.2) is 0 Å². The molecule has 4 heteroatoms. The molecular formula is C17H20FN3. The van der Waals surface area contributed by atoms with E-state index in [0.717, 1.165) is 37.3 Å². The first kappa shape index (κ1) is 14.2. The number of piperazine rings is 1. The second-order valence-corrected chi connectivity index (χ2v) is 5.54. The molecule has 0 aliphatic carbocycles. The van der Waals surface area contributed by atoms with Gasteiger partial charge in [0.2, 0.25) is 0 Å². The molecule has 0 bridgehead atoms. The van der Waals surface area contributed by atoms with E-state index in [4.69, 9.17) is 0 Å². The van der Waals surface area contributed by atoms with Crippen LogP contribution in [-0.4, -0.2) is 29.5 Å². The molecule has 1 aliphatic rings. The van der Waals surface area contributed by atoms with E-state index >= 15 is 0 Å². The largest absolute Gasteiger partial charge is 0.314 e. The van der Waals surface area contributed by atoms with E-state index in [-0.39, 0.29) is 5.82 Å². The summed E-state index contributed by atoms with van der Waals surface area (Å²) in [5.41, 5.74) is 3.46. The molecule has 0 radical (unpaired) electrons. The van der Waals surface area contributed by atoms with Crippen LogP contribution in [0.5, 0.6) is 0 Å². The van der Waals surface area contributed by atoms with Crippen molar-refractivity contribution in [3.05, 3.63) is 65.2 Å². The normalized spacial score (nSPS) is 19.6. The van der Waals surface area contributed by atoms with Crippen molar-refractivity contribution >= 4 is 0 Å². The number of hydrogen-bond acceptors (Lipinski definition) is 3. The summed E-state index contributed by atoms with van der Waals surface area (Å²) >= 11 is 0. The standard InChI is InChI=1S/C17H20FN3/c1-13-2-3-16(18)10-15(13)12-21-9-8-20-11-17(21)14-4-6-19-7-5-14/h2-7,10,17,20H,8-9,11-12H2,1H3. The van der Waals surface area contributed by atoms with Crippen molar-refractivity contribution in [3.63, 3.8) is 0 Å². The lowest BCUT2D eigenvalue weighted by atomic mass is 10.0. The van der Waals surface area contributed by atoms with E-state index in [2.05, 4.69) is 27.3 Å². The summed E-state index contributed by atoms with van der Waals surface area (Å²) < 4.78 is 13.5. The summed E-state index contributed by atoms with van der Waals surface area (Å²) in [6.45, 7) is 5.66. The highest BCUT2D eigenvalue weighted by molar-refractivity contribution is 5.27. The molecule has 110 valence electrons. The van der Waals surface area contributed by atoms with Crippen LogP contribution >= 0.6 is 0 Å². The number of rotatable bonds is 3. The quantitative estimate of drug-likeness (QED) is 0.940. The lowest BCUT2D eigenvalue weighted by Gasteiger charge is -2.36. The third kappa shape index (κ3) is 3.28. The van der Waals surface area contributed by atoms with E-state index in [1.165, 1.54) is 11.6 Å². The number of pyridine rings is 1. The highest BCUT2D eigenvalue weighted by Gasteiger charge is 2.24. The van der Waals surface area contributed by atoms with E-state index < -0.39 is 0 Å². The Morgan fingerprint density at radius 3 is 2.90 bits per heavy atom. The van der Waals surface area contributed by atoms with Gasteiger partial charge in [-0.15, -0.1) is 0 Å². The molecule has 1 aliphatic heterocycles. The van der Waals surface area contributed by atoms with Crippen LogP contribution in [0.2, 0.25) is 0 Å². The summed E-state index contributed by atoms with van der Waals surface area (Å²) in [4.78, 5) is 6.50. The average molecular weight is 285 g/mol. The fourth-order valence-corrected chi connectivity index (χ4v) is 2.88. The number of aryl methyl sites for hydroxylation is 1. The maximum atomic E-state index is 13.5. The van der Waals surface area contributed by atoms with Crippen LogP contribution in [0.4, 0.5) is 4.39 Å². The Morgan fingerprint density at radius 1 is 1.29 bits per heavy atom. The molecule has 1 fully saturated rings. The van der Waals surface area contributed by atoms with Gasteiger partial charge in [0, 0.05) is 44.6 Å². The summed E-state index contributed by atoms with van der Waals surface area (Å²) in [5.74, 6) is -0.161. The summed E-state index contributed by atoms with van der Waals surface area (Å²) in [5, 5.41) is 3.44. The van der Waals surface area contributed by atoms with E-state index in [1.54, 1.807) is 6.07 Å². The first-order valence-corrected chi connectivity index (χ1v) is 7.34. The molecule has 1 N–H and O–H groups in total. The van der Waals surface area contributed by atoms with Gasteiger partial charge in [0.25, 0.3) is 0 Å². The zero-order valence-corrected chi connectivity index (χ0v) is 12.2. The fraction of sp³-hybridized carbons (Fsp3) is 0.353. The third-order valence-electron chi connectivity index (χ3n) is 4.13. The molecule has 2 aromatic rings. The van der Waals surface area contributed by atoms with Crippen molar-refractivity contribution in [2.24, 2.45) is 0 Å². The number of aromatic nitrogens is 1. The van der Waals surface area contributed by atoms with Crippen LogP contribution < -0.4 is 5.32 Å². The van der Waals surface area contributed by atoms with Gasteiger partial charge in [0.05, 0.1) is 0 Å². The van der Waals surface area contributed by atoms with Gasteiger partial charge < -0.3 is 5.32 Å². The van der Waals surface area contributed by atoms with Crippen LogP contribution in [0, 0.1) is 12.7 Å². The van der Waals surface area contributed by atoms with Crippen molar-refractivity contribution in [3.8, 4) is 0 Å². The molecule has 2 heterocycles. The second kappa shape index (κ2) is 6.33. The number of hydrogen-bond donors (Lipinski definition) is 1. The number of halogens is 1. The van der Waals surface area contributed by atoms with Crippen LogP contribution in [-0.2, 0) is 6.54 Å². The Hall–Kier alpha value is -1.78. The Balaban J connectivity index is 1.83. The van der Waals surface area contributed by atoms with Crippen molar-refractivity contribution in [1.82, 2.24) is 15.2 Å². The number of nitrogens with zero attached hydrogens (tertiary/aromatic N) is 2. The minimum absolute atomic E-state index is 0.161. The fourth-order valence-electron chi connectivity index (χ4n) is 2.88. The van der Waals surface area contributed by atoms with Crippen molar-refractivity contribution < 1.29 is 4.39 Å². The van der Waals surface area contributed by atoms with Gasteiger partial charge >= 0.3 is 0 Å². The lowest BCUT2D eigenvalue weighted by Crippen LogP contribution is -2.45. The zero-order chi connectivity index (χ0) is 14.7. The van der Waals surface area contributed by atoms with Gasteiger partial charge in [0.1, 0.15) is 5.82 Å². The summed E-state index contributed by atoms with van der Waals surface area (Å²) in [6, 6.07) is 9.46. The SMILES string of the molecule is Cc1ccc(F)cc1CN1CCNCC1c1ccncc1. The molecule has 0 saturated carbocycles. The van der Waals surface area contributed by atoms with Crippen LogP contribution in [0.1, 0.15) is 22.7 Å². The van der Waals surface area contributed by atoms with Crippen LogP contribution in [0.15, 0.2) is 42.7 Å². The van der Waals surface area contributed by atoms with Gasteiger partial charge in [-0.25, -0.2) is 4.39 Å². The van der Waals surface area contributed by atoms with Crippen molar-refractivity contribution in [2.75, 3.05) is 19.6 Å². The average Bonchev–Trinajstić information content (AvgIpc) is 2.52. The molecular weight excluding hydrogens is 265 g/mol. The van der Waals surface area contributed by atoms with Gasteiger partial charge in [-0.05, 0) is 47.9 Å². The molecule has 0 amide bonds. The van der Waals surface area contributed by atoms with Crippen LogP contribution in [0.3, 0.4) is 0 Å². The van der Waals surface area contributed by atoms with Gasteiger partial charge in [-0.3, -0.25) is 9.88 Å². The maximum absolute atomic E-state index is 13.5. The van der Waals surface area contributed by atoms with E-state index in [9.17, 15) is 4.39 Å². The predicted molar refractivity (Wildman–Crippen MR) is 81.4 cm³/mol. The number of benzene rings is 1. The van der Waals surface area contributed by atoms with E-state index in [0.29, 0.717) is 6.04 Å². The lowest BCUT2D eigenvalue weighted by molar-refractivity contribution is 0.153. The van der Waals surface area contributed by atoms with Crippen molar-refractivity contribution in [1.29, 1.82) is 0 Å². The van der Waals surface area contributed by atoms with Gasteiger partial charge in [-0.1, -0.05) is 6.07 Å². The summed E-state index contributed by atoms with van der Waals surface area (Å²) in [6.07, 6.45) is 3.66. The highest BCUT2D eigenvalue weighted by atomic mass is 19.1. The Morgan fingerprint density at radius 2 is 2.10 bits per heavy atom.